The van der Waals surface area contributed by atoms with Crippen LogP contribution in [0.15, 0.2) is 24.4 Å². The highest BCUT2D eigenvalue weighted by Gasteiger charge is 2.38. The summed E-state index contributed by atoms with van der Waals surface area (Å²) in [6, 6.07) is 1.88. The van der Waals surface area contributed by atoms with Gasteiger partial charge in [-0.2, -0.15) is 26.3 Å². The summed E-state index contributed by atoms with van der Waals surface area (Å²) < 4.78 is 85.1. The first-order valence-corrected chi connectivity index (χ1v) is 10.9. The molecule has 0 bridgehead atoms. The lowest BCUT2D eigenvalue weighted by Crippen LogP contribution is -2.46. The SMILES string of the molecule is O=C(O)C(F)(F)F.O=C(O)CC(NC(=O)c1cnc2c(C(F)(F)F)cccc2c1N1CCNCC1)C(=O)CF. The Kier molecular flexibility index (Phi) is 10.1. The zero-order valence-corrected chi connectivity index (χ0v) is 19.7. The Labute approximate surface area is 214 Å². The van der Waals surface area contributed by atoms with Gasteiger partial charge in [0.25, 0.3) is 5.91 Å². The molecule has 1 aromatic carbocycles. The van der Waals surface area contributed by atoms with Crippen LogP contribution in [-0.2, 0) is 20.6 Å². The molecule has 10 nitrogen and oxygen atoms in total. The fourth-order valence-corrected chi connectivity index (χ4v) is 3.58. The molecule has 1 aliphatic rings. The van der Waals surface area contributed by atoms with Gasteiger partial charge in [0.2, 0.25) is 0 Å². The normalized spacial score (nSPS) is 14.7. The van der Waals surface area contributed by atoms with Crippen LogP contribution in [0.5, 0.6) is 0 Å². The van der Waals surface area contributed by atoms with Crippen molar-refractivity contribution in [1.29, 1.82) is 0 Å². The number of nitrogens with zero attached hydrogens (tertiary/aromatic N) is 2. The van der Waals surface area contributed by atoms with E-state index in [2.05, 4.69) is 15.6 Å². The maximum Gasteiger partial charge on any atom is 0.490 e. The van der Waals surface area contributed by atoms with Crippen LogP contribution in [0.2, 0.25) is 0 Å². The number of carboxylic acid groups (broad SMARTS) is 2. The largest absolute Gasteiger partial charge is 0.490 e. The summed E-state index contributed by atoms with van der Waals surface area (Å²) in [5.74, 6) is -6.24. The maximum atomic E-state index is 13.5. The first-order chi connectivity index (χ1) is 18.1. The number of para-hydroxylation sites is 1. The number of benzene rings is 1. The van der Waals surface area contributed by atoms with Gasteiger partial charge in [0.1, 0.15) is 12.7 Å². The highest BCUT2D eigenvalue weighted by molar-refractivity contribution is 6.09. The van der Waals surface area contributed by atoms with Gasteiger partial charge in [-0.1, -0.05) is 12.1 Å². The molecule has 0 spiro atoms. The Morgan fingerprint density at radius 3 is 2.13 bits per heavy atom. The molecule has 4 N–H and O–H groups in total. The molecule has 3 rings (SSSR count). The number of anilines is 1. The van der Waals surface area contributed by atoms with E-state index in [4.69, 9.17) is 15.0 Å². The van der Waals surface area contributed by atoms with E-state index in [0.717, 1.165) is 12.3 Å². The number of aliphatic carboxylic acids is 2. The number of halogens is 7. The molecule has 1 aromatic heterocycles. The van der Waals surface area contributed by atoms with Crippen LogP contribution in [0.25, 0.3) is 10.9 Å². The molecule has 1 atom stereocenters. The van der Waals surface area contributed by atoms with Gasteiger partial charge in [-0.3, -0.25) is 19.4 Å². The second-order valence-electron chi connectivity index (χ2n) is 7.98. The highest BCUT2D eigenvalue weighted by Crippen LogP contribution is 2.38. The van der Waals surface area contributed by atoms with Gasteiger partial charge in [-0.25, -0.2) is 9.18 Å². The minimum absolute atomic E-state index is 0.0842. The molecular weight excluding hydrogens is 549 g/mol. The lowest BCUT2D eigenvalue weighted by Gasteiger charge is -2.32. The van der Waals surface area contributed by atoms with Gasteiger partial charge in [0.15, 0.2) is 5.78 Å². The number of ketones is 1. The average Bonchev–Trinajstić information content (AvgIpc) is 2.86. The first-order valence-electron chi connectivity index (χ1n) is 10.9. The molecular formula is C22H21F7N4O6. The van der Waals surface area contributed by atoms with Crippen LogP contribution >= 0.6 is 0 Å². The number of amides is 1. The van der Waals surface area contributed by atoms with Gasteiger partial charge in [-0.05, 0) is 6.07 Å². The van der Waals surface area contributed by atoms with Crippen LogP contribution in [-0.4, -0.2) is 83.9 Å². The van der Waals surface area contributed by atoms with Gasteiger partial charge >= 0.3 is 24.3 Å². The number of aromatic nitrogens is 1. The van der Waals surface area contributed by atoms with Crippen LogP contribution in [0.4, 0.5) is 36.4 Å². The number of hydrogen-bond donors (Lipinski definition) is 4. The third-order valence-electron chi connectivity index (χ3n) is 5.30. The second kappa shape index (κ2) is 12.7. The van der Waals surface area contributed by atoms with Gasteiger partial charge < -0.3 is 25.7 Å². The van der Waals surface area contributed by atoms with E-state index in [1.807, 2.05) is 0 Å². The molecule has 2 aromatic rings. The van der Waals surface area contributed by atoms with E-state index < -0.39 is 60.7 Å². The van der Waals surface area contributed by atoms with Crippen molar-refractivity contribution >= 4 is 40.2 Å². The predicted octanol–water partition coefficient (Wildman–Crippen LogP) is 2.41. The molecule has 0 radical (unpaired) electrons. The van der Waals surface area contributed by atoms with E-state index in [-0.39, 0.29) is 22.2 Å². The van der Waals surface area contributed by atoms with Gasteiger partial charge in [-0.15, -0.1) is 0 Å². The lowest BCUT2D eigenvalue weighted by atomic mass is 10.0. The fourth-order valence-electron chi connectivity index (χ4n) is 3.58. The van der Waals surface area contributed by atoms with Crippen molar-refractivity contribution < 1.29 is 60.1 Å². The lowest BCUT2D eigenvalue weighted by molar-refractivity contribution is -0.192. The van der Waals surface area contributed by atoms with Gasteiger partial charge in [0.05, 0.1) is 28.8 Å². The average molecular weight is 570 g/mol. The van der Waals surface area contributed by atoms with Crippen LogP contribution < -0.4 is 15.5 Å². The summed E-state index contributed by atoms with van der Waals surface area (Å²) >= 11 is 0. The topological polar surface area (TPSA) is 149 Å². The summed E-state index contributed by atoms with van der Waals surface area (Å²) in [6.07, 6.45) is -9.63. The molecule has 1 aliphatic heterocycles. The molecule has 39 heavy (non-hydrogen) atoms. The molecule has 17 heteroatoms. The minimum Gasteiger partial charge on any atom is -0.481 e. The minimum atomic E-state index is -5.08. The van der Waals surface area contributed by atoms with Crippen molar-refractivity contribution in [2.24, 2.45) is 0 Å². The number of Topliss-reactive ketones (excluding diaryl/α,β-unsaturated/α-hetero) is 1. The van der Waals surface area contributed by atoms with Crippen molar-refractivity contribution in [2.45, 2.75) is 24.8 Å². The third-order valence-corrected chi connectivity index (χ3v) is 5.30. The number of carbonyl (C=O) groups is 4. The number of alkyl halides is 7. The predicted molar refractivity (Wildman–Crippen MR) is 120 cm³/mol. The summed E-state index contributed by atoms with van der Waals surface area (Å²) in [5.41, 5.74) is -1.26. The molecule has 0 saturated carbocycles. The molecule has 1 fully saturated rings. The number of pyridine rings is 1. The smallest absolute Gasteiger partial charge is 0.481 e. The third kappa shape index (κ3) is 8.23. The van der Waals surface area contributed by atoms with E-state index in [1.54, 1.807) is 4.90 Å². The van der Waals surface area contributed by atoms with E-state index in [1.165, 1.54) is 12.1 Å². The zero-order chi connectivity index (χ0) is 29.5. The Morgan fingerprint density at radius 1 is 1.05 bits per heavy atom. The van der Waals surface area contributed by atoms with Crippen molar-refractivity contribution in [3.63, 3.8) is 0 Å². The highest BCUT2D eigenvalue weighted by atomic mass is 19.4. The first kappa shape index (κ1) is 31.2. The molecule has 2 heterocycles. The molecule has 1 amide bonds. The summed E-state index contributed by atoms with van der Waals surface area (Å²) in [7, 11) is 0. The number of carboxylic acids is 2. The van der Waals surface area contributed by atoms with E-state index in [0.29, 0.717) is 26.2 Å². The fraction of sp³-hybridized carbons (Fsp3) is 0.409. The monoisotopic (exact) mass is 570 g/mol. The maximum absolute atomic E-state index is 13.5. The van der Waals surface area contributed by atoms with Crippen LogP contribution in [0.3, 0.4) is 0 Å². The zero-order valence-electron chi connectivity index (χ0n) is 19.7. The van der Waals surface area contributed by atoms with Gasteiger partial charge in [0, 0.05) is 37.8 Å². The van der Waals surface area contributed by atoms with E-state index >= 15 is 0 Å². The molecule has 214 valence electrons. The Bertz CT molecular complexity index is 1230. The number of rotatable bonds is 7. The van der Waals surface area contributed by atoms with Crippen LogP contribution in [0.1, 0.15) is 22.3 Å². The van der Waals surface area contributed by atoms with E-state index in [9.17, 15) is 45.1 Å². The molecule has 1 unspecified atom stereocenters. The van der Waals surface area contributed by atoms with Crippen molar-refractivity contribution in [1.82, 2.24) is 15.6 Å². The summed E-state index contributed by atoms with van der Waals surface area (Å²) in [4.78, 5) is 50.2. The molecule has 0 aliphatic carbocycles. The number of fused-ring (bicyclic) bond motifs is 1. The van der Waals surface area contributed by atoms with Crippen molar-refractivity contribution in [2.75, 3.05) is 37.8 Å². The Balaban J connectivity index is 0.000000673. The number of piperazine rings is 1. The van der Waals surface area contributed by atoms with Crippen molar-refractivity contribution in [3.05, 3.63) is 35.5 Å². The summed E-state index contributed by atoms with van der Waals surface area (Å²) in [5, 5.41) is 21.5. The Morgan fingerprint density at radius 2 is 1.64 bits per heavy atom. The summed E-state index contributed by atoms with van der Waals surface area (Å²) in [6.45, 7) is 0.334. The van der Waals surface area contributed by atoms with Crippen molar-refractivity contribution in [3.8, 4) is 0 Å². The second-order valence-corrected chi connectivity index (χ2v) is 7.98. The Hall–Kier alpha value is -4.02. The van der Waals surface area contributed by atoms with Crippen LogP contribution in [0, 0.1) is 0 Å². The number of nitrogens with one attached hydrogen (secondary N) is 2. The number of carbonyl (C=O) groups excluding carboxylic acids is 2. The molecule has 1 saturated heterocycles. The number of hydrogen-bond acceptors (Lipinski definition) is 7. The quantitative estimate of drug-likeness (QED) is 0.368. The standard InChI is InChI=1S/C20H20F4N4O4.C2HF3O2/c21-9-15(29)14(8-16(30)31)27-19(32)12-10-26-17-11(2-1-3-13(17)20(22,23)24)18(12)28-6-4-25-5-7-28;3-2(4,5)1(6)7/h1-3,10,14,25H,4-9H2,(H,27,32)(H,30,31);(H,6,7).